The molecule has 0 fully saturated rings. The third-order valence-electron chi connectivity index (χ3n) is 4.41. The summed E-state index contributed by atoms with van der Waals surface area (Å²) in [6, 6.07) is 14.8. The van der Waals surface area contributed by atoms with Crippen LogP contribution in [0.4, 0.5) is 0 Å². The molecule has 160 valence electrons. The van der Waals surface area contributed by atoms with Crippen molar-refractivity contribution in [3.63, 3.8) is 0 Å². The Labute approximate surface area is 184 Å². The van der Waals surface area contributed by atoms with E-state index in [1.54, 1.807) is 24.3 Å². The highest BCUT2D eigenvalue weighted by molar-refractivity contribution is 7.99. The van der Waals surface area contributed by atoms with Crippen molar-refractivity contribution in [2.45, 2.75) is 25.5 Å². The zero-order chi connectivity index (χ0) is 22.2. The number of hydrogen-bond acceptors (Lipinski definition) is 7. The average molecular weight is 438 g/mol. The first-order chi connectivity index (χ1) is 15.0. The molecule has 0 aliphatic rings. The number of hydrazone groups is 1. The van der Waals surface area contributed by atoms with Crippen molar-refractivity contribution in [3.05, 3.63) is 65.2 Å². The first-order valence-corrected chi connectivity index (χ1v) is 10.6. The second-order valence-corrected chi connectivity index (χ2v) is 7.55. The molecule has 3 rings (SSSR count). The second-order valence-electron chi connectivity index (χ2n) is 6.61. The van der Waals surface area contributed by atoms with Gasteiger partial charge in [0, 0.05) is 12.1 Å². The Balaban J connectivity index is 1.55. The van der Waals surface area contributed by atoms with Crippen molar-refractivity contribution < 1.29 is 14.3 Å². The summed E-state index contributed by atoms with van der Waals surface area (Å²) in [5, 5.41) is 13.2. The highest BCUT2D eigenvalue weighted by Crippen LogP contribution is 2.24. The molecule has 1 heterocycles. The largest absolute Gasteiger partial charge is 0.465 e. The van der Waals surface area contributed by atoms with E-state index >= 15 is 0 Å². The van der Waals surface area contributed by atoms with E-state index in [0.717, 1.165) is 17.0 Å². The van der Waals surface area contributed by atoms with Gasteiger partial charge in [0.15, 0.2) is 11.0 Å². The van der Waals surface area contributed by atoms with Crippen molar-refractivity contribution in [2.24, 2.45) is 5.10 Å². The first-order valence-electron chi connectivity index (χ1n) is 9.65. The van der Waals surface area contributed by atoms with Crippen LogP contribution in [0.15, 0.2) is 58.8 Å². The number of ether oxygens (including phenoxy) is 1. The molecule has 31 heavy (non-hydrogen) atoms. The van der Waals surface area contributed by atoms with Gasteiger partial charge >= 0.3 is 5.97 Å². The van der Waals surface area contributed by atoms with Crippen molar-refractivity contribution in [2.75, 3.05) is 12.9 Å². The van der Waals surface area contributed by atoms with Crippen LogP contribution in [-0.2, 0) is 16.1 Å². The van der Waals surface area contributed by atoms with Crippen LogP contribution in [0.25, 0.3) is 11.4 Å². The second kappa shape index (κ2) is 10.5. The number of nitrogens with zero attached hydrogens (tertiary/aromatic N) is 4. The van der Waals surface area contributed by atoms with Gasteiger partial charge in [-0.2, -0.15) is 5.10 Å². The Morgan fingerprint density at radius 1 is 1.13 bits per heavy atom. The van der Waals surface area contributed by atoms with Crippen LogP contribution in [0.2, 0.25) is 0 Å². The number of carbonyl (C=O) groups is 2. The first kappa shape index (κ1) is 22.2. The molecule has 0 saturated carbocycles. The Morgan fingerprint density at radius 2 is 1.84 bits per heavy atom. The fourth-order valence-corrected chi connectivity index (χ4v) is 3.56. The molecule has 0 bridgehead atoms. The summed E-state index contributed by atoms with van der Waals surface area (Å²) in [7, 11) is 1.33. The normalized spacial score (nSPS) is 10.9. The zero-order valence-electron chi connectivity index (χ0n) is 17.5. The Hall–Kier alpha value is -3.46. The maximum absolute atomic E-state index is 12.1. The summed E-state index contributed by atoms with van der Waals surface area (Å²) in [5.74, 6) is 0.276. The summed E-state index contributed by atoms with van der Waals surface area (Å²) in [6.45, 7) is 4.74. The topological polar surface area (TPSA) is 98.5 Å². The summed E-state index contributed by atoms with van der Waals surface area (Å²) in [4.78, 5) is 23.6. The molecule has 0 aliphatic carbocycles. The van der Waals surface area contributed by atoms with Crippen molar-refractivity contribution in [1.29, 1.82) is 0 Å². The molecular formula is C22H23N5O3S. The molecule has 0 atom stereocenters. The molecule has 0 unspecified atom stereocenters. The molecule has 0 aliphatic heterocycles. The average Bonchev–Trinajstić information content (AvgIpc) is 3.21. The highest BCUT2D eigenvalue weighted by atomic mass is 32.2. The number of aromatic nitrogens is 3. The zero-order valence-corrected chi connectivity index (χ0v) is 18.3. The van der Waals surface area contributed by atoms with Crippen LogP contribution < -0.4 is 5.43 Å². The van der Waals surface area contributed by atoms with E-state index in [0.29, 0.717) is 17.3 Å². The number of carbonyl (C=O) groups excluding carboxylic acids is 2. The van der Waals surface area contributed by atoms with Gasteiger partial charge in [0.05, 0.1) is 24.6 Å². The molecule has 2 aromatic carbocycles. The van der Waals surface area contributed by atoms with Gasteiger partial charge in [-0.3, -0.25) is 4.79 Å². The predicted octanol–water partition coefficient (Wildman–Crippen LogP) is 3.30. The van der Waals surface area contributed by atoms with Gasteiger partial charge in [-0.05, 0) is 31.5 Å². The van der Waals surface area contributed by atoms with Crippen molar-refractivity contribution >= 4 is 29.9 Å². The summed E-state index contributed by atoms with van der Waals surface area (Å²) < 4.78 is 6.64. The number of nitrogens with one attached hydrogen (secondary N) is 1. The van der Waals surface area contributed by atoms with Gasteiger partial charge in [0.1, 0.15) is 0 Å². The van der Waals surface area contributed by atoms with Gasteiger partial charge in [-0.1, -0.05) is 53.7 Å². The fraction of sp³-hybridized carbons (Fsp3) is 0.227. The smallest absolute Gasteiger partial charge is 0.337 e. The van der Waals surface area contributed by atoms with E-state index < -0.39 is 5.97 Å². The van der Waals surface area contributed by atoms with Crippen LogP contribution >= 0.6 is 11.8 Å². The Bertz CT molecular complexity index is 1080. The lowest BCUT2D eigenvalue weighted by Crippen LogP contribution is -2.20. The summed E-state index contributed by atoms with van der Waals surface area (Å²) in [5.41, 5.74) is 5.85. The molecule has 1 N–H and O–H groups in total. The van der Waals surface area contributed by atoms with Crippen LogP contribution in [0.3, 0.4) is 0 Å². The van der Waals surface area contributed by atoms with Gasteiger partial charge in [-0.25, -0.2) is 10.2 Å². The van der Waals surface area contributed by atoms with Crippen molar-refractivity contribution in [1.82, 2.24) is 20.2 Å². The van der Waals surface area contributed by atoms with Crippen molar-refractivity contribution in [3.8, 4) is 11.4 Å². The molecular weight excluding hydrogens is 414 g/mol. The summed E-state index contributed by atoms with van der Waals surface area (Å²) in [6.07, 6.45) is 1.51. The molecule has 0 spiro atoms. The summed E-state index contributed by atoms with van der Waals surface area (Å²) >= 11 is 1.30. The fourth-order valence-electron chi connectivity index (χ4n) is 2.76. The number of aryl methyl sites for hydroxylation is 1. The number of amides is 1. The third-order valence-corrected chi connectivity index (χ3v) is 5.38. The number of hydrogen-bond donors (Lipinski definition) is 1. The lowest BCUT2D eigenvalue weighted by Gasteiger charge is -2.07. The minimum Gasteiger partial charge on any atom is -0.465 e. The third kappa shape index (κ3) is 5.79. The van der Waals surface area contributed by atoms with E-state index in [4.69, 9.17) is 0 Å². The number of rotatable bonds is 8. The minimum absolute atomic E-state index is 0.157. The van der Waals surface area contributed by atoms with Crippen LogP contribution in [0.1, 0.15) is 28.4 Å². The molecule has 0 saturated heterocycles. The lowest BCUT2D eigenvalue weighted by molar-refractivity contribution is -0.118. The lowest BCUT2D eigenvalue weighted by atomic mass is 10.1. The predicted molar refractivity (Wildman–Crippen MR) is 120 cm³/mol. The quantitative estimate of drug-likeness (QED) is 0.251. The maximum atomic E-state index is 12.1. The highest BCUT2D eigenvalue weighted by Gasteiger charge is 2.14. The van der Waals surface area contributed by atoms with E-state index in [1.165, 1.54) is 30.6 Å². The van der Waals surface area contributed by atoms with Crippen LogP contribution in [-0.4, -0.2) is 45.7 Å². The van der Waals surface area contributed by atoms with Crippen LogP contribution in [0.5, 0.6) is 0 Å². The number of methoxy groups -OCH3 is 1. The monoisotopic (exact) mass is 437 g/mol. The number of esters is 1. The van der Waals surface area contributed by atoms with Gasteiger partial charge in [-0.15, -0.1) is 10.2 Å². The number of thioether (sulfide) groups is 1. The Kier molecular flexibility index (Phi) is 7.55. The molecule has 1 aromatic heterocycles. The molecule has 8 nitrogen and oxygen atoms in total. The molecule has 3 aromatic rings. The van der Waals surface area contributed by atoms with E-state index in [1.807, 2.05) is 42.7 Å². The number of benzene rings is 2. The van der Waals surface area contributed by atoms with E-state index in [-0.39, 0.29) is 11.7 Å². The van der Waals surface area contributed by atoms with Gasteiger partial charge < -0.3 is 9.30 Å². The van der Waals surface area contributed by atoms with Gasteiger partial charge in [0.25, 0.3) is 5.91 Å². The molecule has 0 radical (unpaired) electrons. The van der Waals surface area contributed by atoms with E-state index in [2.05, 4.69) is 25.5 Å². The van der Waals surface area contributed by atoms with E-state index in [9.17, 15) is 9.59 Å². The van der Waals surface area contributed by atoms with Gasteiger partial charge in [0.2, 0.25) is 0 Å². The molecule has 1 amide bonds. The minimum atomic E-state index is -0.403. The molecule has 9 heteroatoms. The standard InChI is InChI=1S/C22H23N5O3S/c1-4-27-20(17-9-5-15(2)6-10-17)25-26-22(27)31-14-19(28)24-23-13-16-7-11-18(12-8-16)21(29)30-3/h5-13H,4,14H2,1-3H3,(H,24,28). The maximum Gasteiger partial charge on any atom is 0.337 e. The Morgan fingerprint density at radius 3 is 2.48 bits per heavy atom. The van der Waals surface area contributed by atoms with Crippen LogP contribution in [0, 0.1) is 6.92 Å². The SMILES string of the molecule is CCn1c(SCC(=O)NN=Cc2ccc(C(=O)OC)cc2)nnc1-c1ccc(C)cc1.